The van der Waals surface area contributed by atoms with Crippen molar-refractivity contribution < 1.29 is 19.0 Å². The molecular weight excluding hydrogens is 396 g/mol. The zero-order valence-electron chi connectivity index (χ0n) is 17.6. The normalized spacial score (nSPS) is 23.2. The van der Waals surface area contributed by atoms with Crippen LogP contribution in [0.2, 0.25) is 0 Å². The van der Waals surface area contributed by atoms with Gasteiger partial charge in [-0.3, -0.25) is 4.79 Å². The molecule has 1 aromatic carbocycles. The van der Waals surface area contributed by atoms with Crippen molar-refractivity contribution in [3.8, 4) is 11.6 Å². The van der Waals surface area contributed by atoms with Crippen LogP contribution in [0.15, 0.2) is 42.7 Å². The molecule has 1 amide bonds. The third kappa shape index (κ3) is 4.36. The second-order valence-corrected chi connectivity index (χ2v) is 8.32. The summed E-state index contributed by atoms with van der Waals surface area (Å²) in [6, 6.07) is 9.57. The van der Waals surface area contributed by atoms with Crippen molar-refractivity contribution in [1.29, 1.82) is 0 Å². The van der Waals surface area contributed by atoms with Crippen LogP contribution in [-0.4, -0.2) is 66.0 Å². The largest absolute Gasteiger partial charge is 0.436 e. The van der Waals surface area contributed by atoms with E-state index in [4.69, 9.17) is 14.2 Å². The van der Waals surface area contributed by atoms with Crippen molar-refractivity contribution in [2.45, 2.75) is 31.5 Å². The van der Waals surface area contributed by atoms with Crippen LogP contribution in [0.25, 0.3) is 0 Å². The van der Waals surface area contributed by atoms with Gasteiger partial charge in [-0.15, -0.1) is 0 Å². The number of nitrogens with zero attached hydrogens (tertiary/aromatic N) is 4. The Morgan fingerprint density at radius 1 is 1.03 bits per heavy atom. The minimum atomic E-state index is -0.460. The van der Waals surface area contributed by atoms with Crippen molar-refractivity contribution in [2.75, 3.05) is 44.3 Å². The number of anilines is 1. The zero-order chi connectivity index (χ0) is 21.1. The number of hydrogen-bond donors (Lipinski definition) is 0. The van der Waals surface area contributed by atoms with Crippen LogP contribution in [0.1, 0.15) is 25.7 Å². The average Bonchev–Trinajstić information content (AvgIpc) is 3.28. The predicted octanol–water partition coefficient (Wildman–Crippen LogP) is 2.85. The van der Waals surface area contributed by atoms with Crippen LogP contribution in [0.4, 0.5) is 5.82 Å². The van der Waals surface area contributed by atoms with E-state index in [1.54, 1.807) is 12.4 Å². The first-order valence-corrected chi connectivity index (χ1v) is 11.1. The quantitative estimate of drug-likeness (QED) is 0.747. The van der Waals surface area contributed by atoms with Gasteiger partial charge in [0.15, 0.2) is 11.6 Å². The molecule has 3 saturated heterocycles. The lowest BCUT2D eigenvalue weighted by Crippen LogP contribution is -2.51. The second kappa shape index (κ2) is 8.80. The Kier molecular flexibility index (Phi) is 5.74. The van der Waals surface area contributed by atoms with E-state index in [1.807, 2.05) is 35.2 Å². The third-order valence-corrected chi connectivity index (χ3v) is 6.32. The molecule has 3 aliphatic rings. The van der Waals surface area contributed by atoms with Gasteiger partial charge in [0.2, 0.25) is 5.91 Å². The maximum absolute atomic E-state index is 13.3. The highest BCUT2D eigenvalue weighted by Crippen LogP contribution is 2.34. The van der Waals surface area contributed by atoms with Gasteiger partial charge in [-0.2, -0.15) is 0 Å². The minimum absolute atomic E-state index is 0.0557. The molecule has 1 atom stereocenters. The Balaban J connectivity index is 1.25. The molecule has 1 spiro atoms. The van der Waals surface area contributed by atoms with E-state index in [9.17, 15) is 4.79 Å². The number of aromatic nitrogens is 2. The number of amides is 1. The molecule has 4 heterocycles. The summed E-state index contributed by atoms with van der Waals surface area (Å²) in [6.45, 7) is 4.12. The van der Waals surface area contributed by atoms with Gasteiger partial charge in [0.1, 0.15) is 5.75 Å². The van der Waals surface area contributed by atoms with E-state index in [-0.39, 0.29) is 11.8 Å². The molecule has 8 nitrogen and oxygen atoms in total. The first-order valence-electron chi connectivity index (χ1n) is 11.1. The molecule has 0 aliphatic carbocycles. The molecule has 0 bridgehead atoms. The Morgan fingerprint density at radius 3 is 2.55 bits per heavy atom. The van der Waals surface area contributed by atoms with Crippen LogP contribution in [0.5, 0.6) is 11.6 Å². The topological polar surface area (TPSA) is 77.0 Å². The lowest BCUT2D eigenvalue weighted by molar-refractivity contribution is -0.188. The highest BCUT2D eigenvalue weighted by molar-refractivity contribution is 5.80. The fourth-order valence-corrected chi connectivity index (χ4v) is 4.69. The van der Waals surface area contributed by atoms with E-state index in [1.165, 1.54) is 0 Å². The van der Waals surface area contributed by atoms with Crippen LogP contribution in [-0.2, 0) is 14.3 Å². The number of carbonyl (C=O) groups excluding carboxylic acids is 1. The van der Waals surface area contributed by atoms with Crippen molar-refractivity contribution >= 4 is 11.7 Å². The molecule has 164 valence electrons. The Morgan fingerprint density at radius 2 is 1.77 bits per heavy atom. The Labute approximate surface area is 182 Å². The van der Waals surface area contributed by atoms with Crippen LogP contribution in [0, 0.1) is 5.92 Å². The van der Waals surface area contributed by atoms with Gasteiger partial charge in [-0.1, -0.05) is 18.2 Å². The number of benzene rings is 1. The summed E-state index contributed by atoms with van der Waals surface area (Å²) in [5, 5.41) is 0. The smallest absolute Gasteiger partial charge is 0.263 e. The minimum Gasteiger partial charge on any atom is -0.436 e. The van der Waals surface area contributed by atoms with Crippen molar-refractivity contribution in [1.82, 2.24) is 14.9 Å². The summed E-state index contributed by atoms with van der Waals surface area (Å²) in [5.74, 6) is 1.57. The van der Waals surface area contributed by atoms with Gasteiger partial charge >= 0.3 is 0 Å². The average molecular weight is 425 g/mol. The number of likely N-dealkylation sites (tertiary alicyclic amines) is 1. The van der Waals surface area contributed by atoms with Gasteiger partial charge < -0.3 is 24.0 Å². The van der Waals surface area contributed by atoms with Gasteiger partial charge in [-0.25, -0.2) is 9.97 Å². The lowest BCUT2D eigenvalue weighted by Gasteiger charge is -2.40. The molecule has 0 saturated carbocycles. The molecule has 1 aromatic heterocycles. The highest BCUT2D eigenvalue weighted by Gasteiger charge is 2.42. The SMILES string of the molecule is O=C(C1CCCN(c2nccnc2Oc2ccccc2)C1)N1CCC2(CC1)OCCO2. The summed E-state index contributed by atoms with van der Waals surface area (Å²) in [5.41, 5.74) is 0. The molecule has 8 heteroatoms. The van der Waals surface area contributed by atoms with Crippen molar-refractivity contribution in [2.24, 2.45) is 5.92 Å². The van der Waals surface area contributed by atoms with E-state index >= 15 is 0 Å². The molecule has 1 unspecified atom stereocenters. The zero-order valence-corrected chi connectivity index (χ0v) is 17.6. The molecule has 0 radical (unpaired) electrons. The van der Waals surface area contributed by atoms with Crippen molar-refractivity contribution in [3.63, 3.8) is 0 Å². The van der Waals surface area contributed by atoms with Gasteiger partial charge in [0, 0.05) is 51.4 Å². The summed E-state index contributed by atoms with van der Waals surface area (Å²) < 4.78 is 17.6. The van der Waals surface area contributed by atoms with Gasteiger partial charge in [0.25, 0.3) is 5.88 Å². The van der Waals surface area contributed by atoms with E-state index in [0.29, 0.717) is 50.3 Å². The number of piperidine rings is 2. The fourth-order valence-electron chi connectivity index (χ4n) is 4.69. The number of carbonyl (C=O) groups is 1. The molecule has 0 N–H and O–H groups in total. The first-order chi connectivity index (χ1) is 15.2. The van der Waals surface area contributed by atoms with E-state index in [2.05, 4.69) is 14.9 Å². The standard InChI is InChI=1S/C23H28N4O4/c28-22(26-13-8-23(9-14-26)29-15-16-30-23)18-5-4-12-27(17-18)20-21(25-11-10-24-20)31-19-6-2-1-3-7-19/h1-3,6-7,10-11,18H,4-5,8-9,12-17H2. The van der Waals surface area contributed by atoms with Crippen LogP contribution in [0.3, 0.4) is 0 Å². The molecule has 3 aliphatic heterocycles. The van der Waals surface area contributed by atoms with Gasteiger partial charge in [-0.05, 0) is 25.0 Å². The fraction of sp³-hybridized carbons (Fsp3) is 0.522. The first kappa shape index (κ1) is 20.2. The molecule has 31 heavy (non-hydrogen) atoms. The second-order valence-electron chi connectivity index (χ2n) is 8.32. The third-order valence-electron chi connectivity index (χ3n) is 6.32. The van der Waals surface area contributed by atoms with E-state index in [0.717, 1.165) is 32.2 Å². The maximum atomic E-state index is 13.3. The maximum Gasteiger partial charge on any atom is 0.263 e. The number of ether oxygens (including phenoxy) is 3. The summed E-state index contributed by atoms with van der Waals surface area (Å²) in [4.78, 5) is 26.3. The molecule has 5 rings (SSSR count). The predicted molar refractivity (Wildman–Crippen MR) is 114 cm³/mol. The van der Waals surface area contributed by atoms with Gasteiger partial charge in [0.05, 0.1) is 19.1 Å². The molecule has 3 fully saturated rings. The van der Waals surface area contributed by atoms with E-state index < -0.39 is 5.79 Å². The Hall–Kier alpha value is -2.71. The van der Waals surface area contributed by atoms with Crippen LogP contribution < -0.4 is 9.64 Å². The Bertz CT molecular complexity index is 893. The summed E-state index contributed by atoms with van der Waals surface area (Å²) in [7, 11) is 0. The molecule has 2 aromatic rings. The number of para-hydroxylation sites is 1. The lowest BCUT2D eigenvalue weighted by atomic mass is 9.94. The number of rotatable bonds is 4. The summed E-state index contributed by atoms with van der Waals surface area (Å²) >= 11 is 0. The molecular formula is C23H28N4O4. The highest BCUT2D eigenvalue weighted by atomic mass is 16.7. The van der Waals surface area contributed by atoms with Crippen LogP contribution >= 0.6 is 0 Å². The monoisotopic (exact) mass is 424 g/mol. The summed E-state index contributed by atoms with van der Waals surface area (Å²) in [6.07, 6.45) is 6.61. The van der Waals surface area contributed by atoms with Crippen molar-refractivity contribution in [3.05, 3.63) is 42.7 Å². The number of hydrogen-bond acceptors (Lipinski definition) is 7.